The van der Waals surface area contributed by atoms with Crippen LogP contribution in [-0.2, 0) is 0 Å². The molecular formula is C15H30N2. The molecule has 1 N–H and O–H groups in total. The van der Waals surface area contributed by atoms with Crippen molar-refractivity contribution in [2.75, 3.05) is 19.6 Å². The molecule has 0 spiro atoms. The Kier molecular flexibility index (Phi) is 5.21. The topological polar surface area (TPSA) is 15.3 Å². The molecule has 0 amide bonds. The Morgan fingerprint density at radius 2 is 2.00 bits per heavy atom. The standard InChI is InChI=1S/C15H30N2/c1-12(2)14(10-16-15(4,5)6)17-9-7-8-13(3)11-17/h8,12,14,16H,7,9-11H2,1-6H3. The molecule has 0 fully saturated rings. The molecule has 100 valence electrons. The van der Waals surface area contributed by atoms with Crippen LogP contribution in [0, 0.1) is 5.92 Å². The van der Waals surface area contributed by atoms with Crippen molar-refractivity contribution in [1.82, 2.24) is 10.2 Å². The van der Waals surface area contributed by atoms with Crippen LogP contribution in [0.5, 0.6) is 0 Å². The van der Waals surface area contributed by atoms with Crippen LogP contribution in [0.3, 0.4) is 0 Å². The van der Waals surface area contributed by atoms with Crippen LogP contribution in [-0.4, -0.2) is 36.1 Å². The lowest BCUT2D eigenvalue weighted by molar-refractivity contribution is 0.152. The van der Waals surface area contributed by atoms with Gasteiger partial charge in [0.25, 0.3) is 0 Å². The summed E-state index contributed by atoms with van der Waals surface area (Å²) >= 11 is 0. The highest BCUT2D eigenvalue weighted by molar-refractivity contribution is 5.06. The highest BCUT2D eigenvalue weighted by Crippen LogP contribution is 2.17. The van der Waals surface area contributed by atoms with Crippen LogP contribution < -0.4 is 5.32 Å². The Labute approximate surface area is 107 Å². The zero-order chi connectivity index (χ0) is 13.1. The molecule has 0 saturated heterocycles. The van der Waals surface area contributed by atoms with Crippen LogP contribution in [0.2, 0.25) is 0 Å². The van der Waals surface area contributed by atoms with E-state index in [4.69, 9.17) is 0 Å². The molecule has 1 atom stereocenters. The lowest BCUT2D eigenvalue weighted by atomic mass is 9.98. The number of nitrogens with one attached hydrogen (secondary N) is 1. The lowest BCUT2D eigenvalue weighted by Gasteiger charge is -2.38. The quantitative estimate of drug-likeness (QED) is 0.757. The van der Waals surface area contributed by atoms with Crippen molar-refractivity contribution in [1.29, 1.82) is 0 Å². The zero-order valence-corrected chi connectivity index (χ0v) is 12.5. The van der Waals surface area contributed by atoms with E-state index in [9.17, 15) is 0 Å². The third-order valence-corrected chi connectivity index (χ3v) is 3.44. The van der Waals surface area contributed by atoms with Crippen molar-refractivity contribution < 1.29 is 0 Å². The molecule has 1 heterocycles. The number of rotatable bonds is 4. The first-order valence-electron chi connectivity index (χ1n) is 6.94. The number of hydrogen-bond acceptors (Lipinski definition) is 2. The third kappa shape index (κ3) is 5.22. The second-order valence-electron chi connectivity index (χ2n) is 6.75. The summed E-state index contributed by atoms with van der Waals surface area (Å²) in [4.78, 5) is 2.64. The average Bonchev–Trinajstić information content (AvgIpc) is 2.15. The smallest absolute Gasteiger partial charge is 0.0247 e. The molecule has 1 rings (SSSR count). The van der Waals surface area contributed by atoms with E-state index in [1.54, 1.807) is 0 Å². The van der Waals surface area contributed by atoms with Crippen LogP contribution >= 0.6 is 0 Å². The Morgan fingerprint density at radius 3 is 2.47 bits per heavy atom. The molecule has 0 radical (unpaired) electrons. The molecule has 0 aromatic rings. The SMILES string of the molecule is CC1=CCCN(C(CNC(C)(C)C)C(C)C)C1. The third-order valence-electron chi connectivity index (χ3n) is 3.44. The predicted octanol–water partition coefficient (Wildman–Crippen LogP) is 3.05. The van der Waals surface area contributed by atoms with Gasteiger partial charge in [-0.15, -0.1) is 0 Å². The summed E-state index contributed by atoms with van der Waals surface area (Å²) in [6, 6.07) is 0.651. The van der Waals surface area contributed by atoms with E-state index < -0.39 is 0 Å². The highest BCUT2D eigenvalue weighted by atomic mass is 15.2. The summed E-state index contributed by atoms with van der Waals surface area (Å²) in [7, 11) is 0. The van der Waals surface area contributed by atoms with Crippen molar-refractivity contribution in [3.05, 3.63) is 11.6 Å². The molecule has 1 aliphatic heterocycles. The fourth-order valence-electron chi connectivity index (χ4n) is 2.42. The van der Waals surface area contributed by atoms with Gasteiger partial charge in [-0.2, -0.15) is 0 Å². The second kappa shape index (κ2) is 6.01. The van der Waals surface area contributed by atoms with Gasteiger partial charge in [0.15, 0.2) is 0 Å². The summed E-state index contributed by atoms with van der Waals surface area (Å²) in [6.07, 6.45) is 3.59. The first-order chi connectivity index (χ1) is 7.79. The van der Waals surface area contributed by atoms with E-state index >= 15 is 0 Å². The fraction of sp³-hybridized carbons (Fsp3) is 0.867. The van der Waals surface area contributed by atoms with Gasteiger partial charge in [-0.05, 0) is 40.0 Å². The molecule has 0 aliphatic carbocycles. The Balaban J connectivity index is 2.57. The van der Waals surface area contributed by atoms with Gasteiger partial charge < -0.3 is 5.32 Å². The van der Waals surface area contributed by atoms with Crippen LogP contribution in [0.1, 0.15) is 48.0 Å². The fourth-order valence-corrected chi connectivity index (χ4v) is 2.42. The minimum absolute atomic E-state index is 0.216. The van der Waals surface area contributed by atoms with E-state index in [2.05, 4.69) is 57.8 Å². The van der Waals surface area contributed by atoms with E-state index in [0.29, 0.717) is 12.0 Å². The number of nitrogens with zero attached hydrogens (tertiary/aromatic N) is 1. The highest BCUT2D eigenvalue weighted by Gasteiger charge is 2.24. The van der Waals surface area contributed by atoms with Crippen molar-refractivity contribution >= 4 is 0 Å². The normalized spacial score (nSPS) is 20.5. The van der Waals surface area contributed by atoms with Crippen LogP contribution in [0.25, 0.3) is 0 Å². The molecule has 1 aliphatic rings. The molecule has 0 bridgehead atoms. The summed E-state index contributed by atoms with van der Waals surface area (Å²) in [5.74, 6) is 0.704. The van der Waals surface area contributed by atoms with Gasteiger partial charge >= 0.3 is 0 Å². The first-order valence-corrected chi connectivity index (χ1v) is 6.94. The maximum absolute atomic E-state index is 3.65. The molecule has 0 aromatic carbocycles. The zero-order valence-electron chi connectivity index (χ0n) is 12.5. The summed E-state index contributed by atoms with van der Waals surface area (Å²) in [5, 5.41) is 3.65. The first kappa shape index (κ1) is 14.7. The molecule has 1 unspecified atom stereocenters. The maximum Gasteiger partial charge on any atom is 0.0247 e. The number of hydrogen-bond donors (Lipinski definition) is 1. The predicted molar refractivity (Wildman–Crippen MR) is 76.3 cm³/mol. The van der Waals surface area contributed by atoms with Gasteiger partial charge in [-0.3, -0.25) is 4.90 Å². The molecule has 2 nitrogen and oxygen atoms in total. The van der Waals surface area contributed by atoms with Crippen molar-refractivity contribution in [2.24, 2.45) is 5.92 Å². The van der Waals surface area contributed by atoms with E-state index in [-0.39, 0.29) is 5.54 Å². The van der Waals surface area contributed by atoms with E-state index in [1.165, 1.54) is 18.5 Å². The maximum atomic E-state index is 3.65. The Bertz CT molecular complexity index is 261. The van der Waals surface area contributed by atoms with Gasteiger partial charge in [0.1, 0.15) is 0 Å². The van der Waals surface area contributed by atoms with E-state index in [1.807, 2.05) is 0 Å². The van der Waals surface area contributed by atoms with Crippen molar-refractivity contribution in [3.8, 4) is 0 Å². The van der Waals surface area contributed by atoms with Crippen molar-refractivity contribution in [2.45, 2.75) is 59.5 Å². The summed E-state index contributed by atoms with van der Waals surface area (Å²) < 4.78 is 0. The molecule has 2 heteroatoms. The van der Waals surface area contributed by atoms with Gasteiger partial charge in [0.05, 0.1) is 0 Å². The Morgan fingerprint density at radius 1 is 1.35 bits per heavy atom. The van der Waals surface area contributed by atoms with E-state index in [0.717, 1.165) is 13.1 Å². The average molecular weight is 238 g/mol. The molecular weight excluding hydrogens is 208 g/mol. The summed E-state index contributed by atoms with van der Waals surface area (Å²) in [6.45, 7) is 17.1. The van der Waals surface area contributed by atoms with Crippen molar-refractivity contribution in [3.63, 3.8) is 0 Å². The second-order valence-corrected chi connectivity index (χ2v) is 6.75. The van der Waals surface area contributed by atoms with Gasteiger partial charge in [-0.25, -0.2) is 0 Å². The largest absolute Gasteiger partial charge is 0.311 e. The summed E-state index contributed by atoms with van der Waals surface area (Å²) in [5.41, 5.74) is 1.74. The van der Waals surface area contributed by atoms with Crippen LogP contribution in [0.4, 0.5) is 0 Å². The Hall–Kier alpha value is -0.340. The van der Waals surface area contributed by atoms with Gasteiger partial charge in [-0.1, -0.05) is 25.5 Å². The lowest BCUT2D eigenvalue weighted by Crippen LogP contribution is -2.51. The molecule has 0 saturated carbocycles. The minimum Gasteiger partial charge on any atom is -0.311 e. The van der Waals surface area contributed by atoms with Gasteiger partial charge in [0, 0.05) is 31.2 Å². The van der Waals surface area contributed by atoms with Gasteiger partial charge in [0.2, 0.25) is 0 Å². The monoisotopic (exact) mass is 238 g/mol. The van der Waals surface area contributed by atoms with Crippen LogP contribution in [0.15, 0.2) is 11.6 Å². The molecule has 17 heavy (non-hydrogen) atoms. The molecule has 0 aromatic heterocycles. The minimum atomic E-state index is 0.216.